The number of aryl methyl sites for hydroxylation is 1. The maximum atomic E-state index is 5.25. The zero-order valence-corrected chi connectivity index (χ0v) is 13.9. The Morgan fingerprint density at radius 2 is 2.19 bits per heavy atom. The van der Waals surface area contributed by atoms with Crippen molar-refractivity contribution in [2.45, 2.75) is 51.6 Å². The van der Waals surface area contributed by atoms with Crippen LogP contribution >= 0.6 is 0 Å². The highest BCUT2D eigenvalue weighted by molar-refractivity contribution is 5.29. The third-order valence-corrected chi connectivity index (χ3v) is 4.43. The van der Waals surface area contributed by atoms with Crippen molar-refractivity contribution in [2.24, 2.45) is 0 Å². The first kappa shape index (κ1) is 16.3. The molecule has 1 saturated carbocycles. The van der Waals surface area contributed by atoms with Gasteiger partial charge in [-0.3, -0.25) is 0 Å². The van der Waals surface area contributed by atoms with Crippen molar-refractivity contribution >= 4 is 5.95 Å². The smallest absolute Gasteiger partial charge is 0.203 e. The number of imidazole rings is 1. The van der Waals surface area contributed by atoms with Gasteiger partial charge < -0.3 is 19.5 Å². The molecule has 1 heterocycles. The monoisotopic (exact) mass is 294 g/mol. The highest BCUT2D eigenvalue weighted by Crippen LogP contribution is 2.22. The minimum Gasteiger partial charge on any atom is -0.383 e. The molecule has 1 aromatic rings. The number of likely N-dealkylation sites (N-methyl/N-ethyl adjacent to an activating group) is 1. The van der Waals surface area contributed by atoms with Crippen molar-refractivity contribution in [3.63, 3.8) is 0 Å². The Hall–Kier alpha value is -1.07. The number of aromatic nitrogens is 2. The van der Waals surface area contributed by atoms with Gasteiger partial charge in [0, 0.05) is 32.4 Å². The van der Waals surface area contributed by atoms with Crippen LogP contribution in [0, 0.1) is 6.92 Å². The van der Waals surface area contributed by atoms with Crippen LogP contribution < -0.4 is 5.32 Å². The van der Waals surface area contributed by atoms with Crippen LogP contribution in [0.15, 0.2) is 6.20 Å². The molecular weight excluding hydrogens is 264 g/mol. The van der Waals surface area contributed by atoms with Crippen LogP contribution in [0.1, 0.15) is 44.3 Å². The molecule has 0 radical (unpaired) electrons. The maximum absolute atomic E-state index is 5.25. The lowest BCUT2D eigenvalue weighted by molar-refractivity contribution is 0.163. The Morgan fingerprint density at radius 1 is 1.48 bits per heavy atom. The third-order valence-electron chi connectivity index (χ3n) is 4.43. The summed E-state index contributed by atoms with van der Waals surface area (Å²) < 4.78 is 7.42. The number of nitrogens with one attached hydrogen (secondary N) is 1. The van der Waals surface area contributed by atoms with Crippen LogP contribution in [0.3, 0.4) is 0 Å². The number of rotatable bonds is 8. The summed E-state index contributed by atoms with van der Waals surface area (Å²) in [7, 11) is 3.98. The van der Waals surface area contributed by atoms with Crippen molar-refractivity contribution in [1.82, 2.24) is 14.5 Å². The van der Waals surface area contributed by atoms with Gasteiger partial charge in [0.15, 0.2) is 0 Å². The van der Waals surface area contributed by atoms with Crippen LogP contribution in [-0.2, 0) is 4.74 Å². The predicted octanol–water partition coefficient (Wildman–Crippen LogP) is 2.69. The van der Waals surface area contributed by atoms with E-state index in [1.807, 2.05) is 6.92 Å². The summed E-state index contributed by atoms with van der Waals surface area (Å²) in [5, 5.41) is 3.48. The molecule has 0 aromatic carbocycles. The van der Waals surface area contributed by atoms with Crippen molar-refractivity contribution < 1.29 is 4.74 Å². The second-order valence-electron chi connectivity index (χ2n) is 6.26. The van der Waals surface area contributed by atoms with Gasteiger partial charge in [-0.2, -0.15) is 0 Å². The molecule has 5 nitrogen and oxygen atoms in total. The van der Waals surface area contributed by atoms with E-state index in [9.17, 15) is 0 Å². The SMILES string of the molecule is COCC(C)n1cc(C)nc1NCCN(C)C1CCCC1. The molecule has 1 N–H and O–H groups in total. The van der Waals surface area contributed by atoms with Crippen molar-refractivity contribution in [2.75, 3.05) is 39.2 Å². The summed E-state index contributed by atoms with van der Waals surface area (Å²) in [6, 6.07) is 1.08. The second-order valence-corrected chi connectivity index (χ2v) is 6.26. The molecule has 0 bridgehead atoms. The molecule has 1 aliphatic carbocycles. The molecule has 1 aromatic heterocycles. The number of anilines is 1. The molecular formula is C16H30N4O. The summed E-state index contributed by atoms with van der Waals surface area (Å²) >= 11 is 0. The quantitative estimate of drug-likeness (QED) is 0.800. The minimum atomic E-state index is 0.297. The molecule has 1 aliphatic rings. The van der Waals surface area contributed by atoms with Crippen LogP contribution in [-0.4, -0.2) is 54.3 Å². The van der Waals surface area contributed by atoms with E-state index in [-0.39, 0.29) is 0 Å². The maximum Gasteiger partial charge on any atom is 0.203 e. The van der Waals surface area contributed by atoms with Gasteiger partial charge in [0.1, 0.15) is 0 Å². The first-order valence-electron chi connectivity index (χ1n) is 8.10. The number of ether oxygens (including phenoxy) is 1. The summed E-state index contributed by atoms with van der Waals surface area (Å²) in [4.78, 5) is 7.07. The van der Waals surface area contributed by atoms with Gasteiger partial charge in [-0.25, -0.2) is 4.98 Å². The van der Waals surface area contributed by atoms with Gasteiger partial charge in [-0.15, -0.1) is 0 Å². The molecule has 0 saturated heterocycles. The number of nitrogens with zero attached hydrogens (tertiary/aromatic N) is 3. The van der Waals surface area contributed by atoms with E-state index in [2.05, 4.69) is 39.9 Å². The van der Waals surface area contributed by atoms with E-state index in [4.69, 9.17) is 4.74 Å². The molecule has 21 heavy (non-hydrogen) atoms. The summed E-state index contributed by atoms with van der Waals surface area (Å²) in [6.07, 6.45) is 7.58. The lowest BCUT2D eigenvalue weighted by Gasteiger charge is -2.24. The second kappa shape index (κ2) is 7.80. The first-order valence-corrected chi connectivity index (χ1v) is 8.10. The lowest BCUT2D eigenvalue weighted by Crippen LogP contribution is -2.33. The number of hydrogen-bond acceptors (Lipinski definition) is 4. The molecule has 1 unspecified atom stereocenters. The largest absolute Gasteiger partial charge is 0.383 e. The Morgan fingerprint density at radius 3 is 2.86 bits per heavy atom. The lowest BCUT2D eigenvalue weighted by atomic mass is 10.2. The Labute approximate surface area is 128 Å². The Balaban J connectivity index is 1.84. The molecule has 120 valence electrons. The van der Waals surface area contributed by atoms with E-state index >= 15 is 0 Å². The van der Waals surface area contributed by atoms with Crippen LogP contribution in [0.4, 0.5) is 5.95 Å². The van der Waals surface area contributed by atoms with Crippen molar-refractivity contribution in [3.8, 4) is 0 Å². The van der Waals surface area contributed by atoms with Gasteiger partial charge in [0.25, 0.3) is 0 Å². The number of methoxy groups -OCH3 is 1. The molecule has 0 aliphatic heterocycles. The standard InChI is InChI=1S/C16H30N4O/c1-13-11-20(14(2)12-21-4)16(18-13)17-9-10-19(3)15-7-5-6-8-15/h11,14-15H,5-10,12H2,1-4H3,(H,17,18). The van der Waals surface area contributed by atoms with E-state index in [1.54, 1.807) is 7.11 Å². The highest BCUT2D eigenvalue weighted by atomic mass is 16.5. The molecule has 1 fully saturated rings. The molecule has 0 spiro atoms. The van der Waals surface area contributed by atoms with E-state index in [0.29, 0.717) is 12.6 Å². The van der Waals surface area contributed by atoms with Gasteiger partial charge in [-0.05, 0) is 33.7 Å². The average Bonchev–Trinajstić information content (AvgIpc) is 3.08. The van der Waals surface area contributed by atoms with E-state index in [0.717, 1.165) is 30.8 Å². The van der Waals surface area contributed by atoms with Crippen LogP contribution in [0.25, 0.3) is 0 Å². The minimum absolute atomic E-state index is 0.297. The zero-order chi connectivity index (χ0) is 15.2. The summed E-state index contributed by atoms with van der Waals surface area (Å²) in [6.45, 7) is 6.89. The fourth-order valence-electron chi connectivity index (χ4n) is 3.18. The van der Waals surface area contributed by atoms with E-state index in [1.165, 1.54) is 25.7 Å². The van der Waals surface area contributed by atoms with Gasteiger partial charge in [0.05, 0.1) is 18.3 Å². The zero-order valence-electron chi connectivity index (χ0n) is 13.9. The third kappa shape index (κ3) is 4.45. The topological polar surface area (TPSA) is 42.3 Å². The fourth-order valence-corrected chi connectivity index (χ4v) is 3.18. The van der Waals surface area contributed by atoms with E-state index < -0.39 is 0 Å². The number of hydrogen-bond donors (Lipinski definition) is 1. The van der Waals surface area contributed by atoms with Crippen LogP contribution in [0.5, 0.6) is 0 Å². The van der Waals surface area contributed by atoms with Gasteiger partial charge in [0.2, 0.25) is 5.95 Å². The molecule has 5 heteroatoms. The van der Waals surface area contributed by atoms with Crippen molar-refractivity contribution in [3.05, 3.63) is 11.9 Å². The van der Waals surface area contributed by atoms with Crippen molar-refractivity contribution in [1.29, 1.82) is 0 Å². The Kier molecular flexibility index (Phi) is 6.06. The molecule has 2 rings (SSSR count). The van der Waals surface area contributed by atoms with Gasteiger partial charge in [-0.1, -0.05) is 12.8 Å². The predicted molar refractivity (Wildman–Crippen MR) is 86.9 cm³/mol. The summed E-state index contributed by atoms with van der Waals surface area (Å²) in [5.41, 5.74) is 1.05. The normalized spacial score (nSPS) is 17.6. The van der Waals surface area contributed by atoms with Crippen LogP contribution in [0.2, 0.25) is 0 Å². The molecule has 0 amide bonds. The van der Waals surface area contributed by atoms with Gasteiger partial charge >= 0.3 is 0 Å². The average molecular weight is 294 g/mol. The highest BCUT2D eigenvalue weighted by Gasteiger charge is 2.19. The Bertz CT molecular complexity index is 426. The fraction of sp³-hybridized carbons (Fsp3) is 0.812. The summed E-state index contributed by atoms with van der Waals surface area (Å²) in [5.74, 6) is 0.955. The molecule has 1 atom stereocenters. The first-order chi connectivity index (χ1) is 10.1.